The fourth-order valence-corrected chi connectivity index (χ4v) is 14.3. The molecule has 532 valence electrons. The van der Waals surface area contributed by atoms with E-state index in [0.717, 1.165) is 145 Å². The summed E-state index contributed by atoms with van der Waals surface area (Å²) in [6, 6.07) is 40.1. The highest BCUT2D eigenvalue weighted by atomic mass is 16.7. The van der Waals surface area contributed by atoms with Gasteiger partial charge in [-0.25, -0.2) is 4.79 Å². The van der Waals surface area contributed by atoms with Gasteiger partial charge in [-0.1, -0.05) is 54.6 Å². The molecule has 18 heteroatoms. The molecular formula is C82H102N6O12. The van der Waals surface area contributed by atoms with Crippen molar-refractivity contribution >= 4 is 40.5 Å². The van der Waals surface area contributed by atoms with Crippen LogP contribution in [0, 0.1) is 0 Å². The Balaban J connectivity index is 0.000000164. The molecule has 3 unspecified atom stereocenters. The highest BCUT2D eigenvalue weighted by Gasteiger charge is 2.42. The van der Waals surface area contributed by atoms with Gasteiger partial charge in [-0.15, -0.1) is 0 Å². The molecule has 3 fully saturated rings. The maximum absolute atomic E-state index is 13.1. The fraction of sp³-hybridized carbons (Fsp3) is 0.439. The molecule has 6 aromatic carbocycles. The first-order valence-corrected chi connectivity index (χ1v) is 36.0. The van der Waals surface area contributed by atoms with Gasteiger partial charge in [0, 0.05) is 129 Å². The third-order valence-corrected chi connectivity index (χ3v) is 19.6. The molecule has 3 atom stereocenters. The summed E-state index contributed by atoms with van der Waals surface area (Å²) in [5.74, 6) is 3.13. The van der Waals surface area contributed by atoms with Crippen LogP contribution in [-0.2, 0) is 9.47 Å². The van der Waals surface area contributed by atoms with Crippen molar-refractivity contribution in [2.24, 2.45) is 0 Å². The van der Waals surface area contributed by atoms with Crippen LogP contribution in [0.4, 0.5) is 4.79 Å². The number of phenols is 2. The number of carbonyl (C=O) groups excluding carboxylic acids is 4. The molecule has 6 aromatic rings. The largest absolute Gasteiger partial charge is 0.507 e. The summed E-state index contributed by atoms with van der Waals surface area (Å²) in [5, 5.41) is 28.7. The summed E-state index contributed by atoms with van der Waals surface area (Å²) < 4.78 is 36.6. The quantitative estimate of drug-likeness (QED) is 0.0707. The molecule has 4 amide bonds. The number of phenolic OH excluding ortho intramolecular Hbond substituents is 2. The average molecular weight is 1360 g/mol. The number of benzene rings is 6. The van der Waals surface area contributed by atoms with Crippen molar-refractivity contribution in [2.75, 3.05) is 92.4 Å². The number of nitrogens with zero attached hydrogens (tertiary/aromatic N) is 4. The predicted octanol–water partition coefficient (Wildman–Crippen LogP) is 14.6. The number of hydrogen-bond acceptors (Lipinski definition) is 14. The van der Waals surface area contributed by atoms with E-state index >= 15 is 0 Å². The van der Waals surface area contributed by atoms with E-state index in [2.05, 4.69) is 28.9 Å². The first kappa shape index (κ1) is 73.6. The van der Waals surface area contributed by atoms with E-state index in [1.807, 2.05) is 172 Å². The summed E-state index contributed by atoms with van der Waals surface area (Å²) in [5.41, 5.74) is 7.80. The third-order valence-electron chi connectivity index (χ3n) is 19.6. The van der Waals surface area contributed by atoms with Gasteiger partial charge in [-0.2, -0.15) is 0 Å². The van der Waals surface area contributed by atoms with E-state index in [1.54, 1.807) is 44.9 Å². The second kappa shape index (κ2) is 32.9. The first-order chi connectivity index (χ1) is 48.2. The zero-order valence-electron chi connectivity index (χ0n) is 60.2. The number of likely N-dealkylation sites (tertiary alicyclic amines) is 1. The molecule has 0 aromatic heterocycles. The van der Waals surface area contributed by atoms with Gasteiger partial charge in [0.2, 0.25) is 0 Å². The van der Waals surface area contributed by atoms with Gasteiger partial charge in [-0.3, -0.25) is 14.4 Å². The SMILES string of the molecule is CCN(CC)C(=O)c1ccc(C2=CC3(CCCN(C(=O)OC(C)(C)C)CC3)Oc3ccccc32)c(OCOC)c1.CCN(CC)C(=O)c1ccc(C2=CC3(CCCNCC3)Oc3ccccc32)c(O)c1.CCN(CC)C(=O)c1ccc(C2=CC3(CCCNCC3)Oc3ccccc32)c(O)c1. The molecule has 6 aliphatic rings. The summed E-state index contributed by atoms with van der Waals surface area (Å²) in [7, 11) is 1.57. The number of hydrogen-bond donors (Lipinski definition) is 4. The minimum absolute atomic E-state index is 0.0392. The van der Waals surface area contributed by atoms with E-state index in [0.29, 0.717) is 81.2 Å². The number of nitrogens with one attached hydrogen (secondary N) is 2. The minimum atomic E-state index is -0.602. The number of rotatable bonds is 15. The summed E-state index contributed by atoms with van der Waals surface area (Å²) in [4.78, 5) is 58.4. The van der Waals surface area contributed by atoms with Crippen LogP contribution >= 0.6 is 0 Å². The van der Waals surface area contributed by atoms with Crippen LogP contribution in [0.25, 0.3) is 16.7 Å². The zero-order chi connectivity index (χ0) is 71.2. The monoisotopic (exact) mass is 1360 g/mol. The Hall–Kier alpha value is -9.10. The normalized spacial score (nSPS) is 19.9. The molecule has 3 saturated heterocycles. The topological polar surface area (TPSA) is 201 Å². The average Bonchev–Trinajstić information content (AvgIpc) is 0.986. The lowest BCUT2D eigenvalue weighted by Crippen LogP contribution is -2.40. The van der Waals surface area contributed by atoms with Crippen LogP contribution in [0.15, 0.2) is 146 Å². The second-order valence-corrected chi connectivity index (χ2v) is 27.3. The van der Waals surface area contributed by atoms with Crippen molar-refractivity contribution in [1.29, 1.82) is 0 Å². The maximum atomic E-state index is 13.1. The van der Waals surface area contributed by atoms with Crippen LogP contribution in [0.3, 0.4) is 0 Å². The van der Waals surface area contributed by atoms with Crippen molar-refractivity contribution in [3.63, 3.8) is 0 Å². The van der Waals surface area contributed by atoms with Crippen molar-refractivity contribution in [2.45, 2.75) is 143 Å². The molecule has 0 saturated carbocycles. The molecule has 18 nitrogen and oxygen atoms in total. The van der Waals surface area contributed by atoms with Crippen molar-refractivity contribution < 1.29 is 57.8 Å². The highest BCUT2D eigenvalue weighted by Crippen LogP contribution is 2.49. The molecule has 4 N–H and O–H groups in total. The number of carbonyl (C=O) groups is 4. The summed E-state index contributed by atoms with van der Waals surface area (Å²) >= 11 is 0. The van der Waals surface area contributed by atoms with Gasteiger partial charge in [0.15, 0.2) is 6.79 Å². The minimum Gasteiger partial charge on any atom is -0.507 e. The van der Waals surface area contributed by atoms with Crippen LogP contribution in [0.5, 0.6) is 34.5 Å². The lowest BCUT2D eigenvalue weighted by molar-refractivity contribution is 0.0242. The Morgan fingerprint density at radius 3 is 1.25 bits per heavy atom. The van der Waals surface area contributed by atoms with E-state index in [1.165, 1.54) is 0 Å². The van der Waals surface area contributed by atoms with Gasteiger partial charge in [0.05, 0.1) is 0 Å². The Morgan fingerprint density at radius 2 is 0.850 bits per heavy atom. The van der Waals surface area contributed by atoms with Gasteiger partial charge in [-0.05, 0) is 235 Å². The lowest BCUT2D eigenvalue weighted by atomic mass is 9.84. The van der Waals surface area contributed by atoms with Crippen LogP contribution in [-0.4, -0.2) is 168 Å². The number of aromatic hydroxyl groups is 2. The summed E-state index contributed by atoms with van der Waals surface area (Å²) in [6.45, 7) is 26.2. The Kier molecular flexibility index (Phi) is 24.2. The van der Waals surface area contributed by atoms with Crippen molar-refractivity contribution in [3.8, 4) is 34.5 Å². The third kappa shape index (κ3) is 17.0. The van der Waals surface area contributed by atoms with Crippen molar-refractivity contribution in [1.82, 2.24) is 30.2 Å². The van der Waals surface area contributed by atoms with Crippen LogP contribution in [0.2, 0.25) is 0 Å². The zero-order valence-corrected chi connectivity index (χ0v) is 60.2. The molecular weight excluding hydrogens is 1260 g/mol. The number of methoxy groups -OCH3 is 1. The molecule has 0 bridgehead atoms. The van der Waals surface area contributed by atoms with E-state index < -0.39 is 11.2 Å². The van der Waals surface area contributed by atoms with E-state index in [4.69, 9.17) is 28.4 Å². The molecule has 6 heterocycles. The van der Waals surface area contributed by atoms with Gasteiger partial charge in [0.1, 0.15) is 56.9 Å². The fourth-order valence-electron chi connectivity index (χ4n) is 14.3. The number of ether oxygens (including phenoxy) is 6. The van der Waals surface area contributed by atoms with Crippen molar-refractivity contribution in [3.05, 3.63) is 196 Å². The van der Waals surface area contributed by atoms with Gasteiger partial charge in [0.25, 0.3) is 17.7 Å². The smallest absolute Gasteiger partial charge is 0.410 e. The number of fused-ring (bicyclic) bond motifs is 3. The van der Waals surface area contributed by atoms with Crippen LogP contribution in [0.1, 0.15) is 185 Å². The second-order valence-electron chi connectivity index (χ2n) is 27.3. The molecule has 6 aliphatic heterocycles. The van der Waals surface area contributed by atoms with E-state index in [9.17, 15) is 29.4 Å². The molecule has 0 radical (unpaired) electrons. The van der Waals surface area contributed by atoms with Gasteiger partial charge < -0.3 is 68.9 Å². The predicted molar refractivity (Wildman–Crippen MR) is 393 cm³/mol. The Bertz CT molecular complexity index is 3800. The number of amides is 4. The van der Waals surface area contributed by atoms with E-state index in [-0.39, 0.29) is 53.3 Å². The molecule has 0 aliphatic carbocycles. The molecule has 3 spiro atoms. The Morgan fingerprint density at radius 1 is 0.470 bits per heavy atom. The summed E-state index contributed by atoms with van der Waals surface area (Å²) in [6.07, 6.45) is 14.1. The molecule has 12 rings (SSSR count). The van der Waals surface area contributed by atoms with Gasteiger partial charge >= 0.3 is 6.09 Å². The standard InChI is InChI=1S/C32H42N2O6.2C25H30N2O3/c1-7-33(8-2)29(35)23-14-15-25(28(20-23)38-22-37-6)26-21-32(39-27-13-10-9-12-24(26)27)16-11-18-34(19-17-32)30(36)40-31(3,4)5;2*1-3-27(4-2)24(29)18-10-11-19(22(28)16-18)21-17-25(12-7-14-26-15-13-25)30-23-9-6-5-8-20(21)23/h9-10,12-15,20-21H,7-8,11,16-19,22H2,1-6H3;2*5-6,8-11,16-17,26,28H,3-4,7,12-15H2,1-2H3. The van der Waals surface area contributed by atoms with Crippen LogP contribution < -0.4 is 29.6 Å². The maximum Gasteiger partial charge on any atom is 0.410 e. The molecule has 100 heavy (non-hydrogen) atoms. The lowest BCUT2D eigenvalue weighted by Gasteiger charge is -2.37. The Labute approximate surface area is 590 Å². The highest BCUT2D eigenvalue weighted by molar-refractivity contribution is 5.98. The number of para-hydroxylation sites is 3. The first-order valence-electron chi connectivity index (χ1n) is 36.0.